The topological polar surface area (TPSA) is 266 Å². The Hall–Kier alpha value is -4.65. The number of rotatable bonds is 28. The molecule has 6 amide bonds. The standard InChI is InChI=1S/C34H54N4O11.C4H10N2O/c1-22(2)28(39)9-11-45-13-15-47-17-18-48-16-14-46-12-10-29(40)38-31(23(3)4)33(43)36-20-30(41)37-26-8-7-25(27(19-26)32(35)42)21-49-34(44)24(5)6;1-2-3-6-4(5)7/h7-8,19,22-24,31H,9-18,20-21H2,1-6H3,(H2,35,42)(H,36,43)(H,37,41)(H,38,40);2-3H2,1H3,(H3,5,6,7). The predicted octanol–water partition coefficient (Wildman–Crippen LogP) is 1.82. The van der Waals surface area contributed by atoms with Crippen molar-refractivity contribution in [2.45, 2.75) is 80.4 Å². The number of hydrogen-bond acceptors (Lipinski definition) is 12. The summed E-state index contributed by atoms with van der Waals surface area (Å²) in [5.74, 6) is -3.10. The van der Waals surface area contributed by atoms with Crippen LogP contribution in [-0.2, 0) is 54.3 Å². The average Bonchev–Trinajstić information content (AvgIpc) is 3.14. The first-order valence-corrected chi connectivity index (χ1v) is 18.8. The highest BCUT2D eigenvalue weighted by Gasteiger charge is 2.24. The van der Waals surface area contributed by atoms with Gasteiger partial charge in [0.05, 0.1) is 65.3 Å². The number of hydrogen-bond donors (Lipinski definition) is 6. The van der Waals surface area contributed by atoms with E-state index < -0.39 is 35.8 Å². The highest BCUT2D eigenvalue weighted by molar-refractivity contribution is 5.99. The number of carbonyl (C=O) groups excluding carboxylic acids is 7. The molecule has 0 aliphatic rings. The van der Waals surface area contributed by atoms with Crippen molar-refractivity contribution < 1.29 is 57.2 Å². The Morgan fingerprint density at radius 1 is 0.696 bits per heavy atom. The first kappa shape index (κ1) is 51.4. The summed E-state index contributed by atoms with van der Waals surface area (Å²) in [6, 6.07) is 3.07. The van der Waals surface area contributed by atoms with E-state index in [-0.39, 0.29) is 73.5 Å². The van der Waals surface area contributed by atoms with Gasteiger partial charge in [-0.2, -0.15) is 0 Å². The molecule has 8 N–H and O–H groups in total. The summed E-state index contributed by atoms with van der Waals surface area (Å²) < 4.78 is 26.8. The molecule has 0 heterocycles. The summed E-state index contributed by atoms with van der Waals surface area (Å²) in [6.07, 6.45) is 1.36. The lowest BCUT2D eigenvalue weighted by Crippen LogP contribution is -2.51. The van der Waals surface area contributed by atoms with E-state index in [9.17, 15) is 33.6 Å². The fraction of sp³-hybridized carbons (Fsp3) is 0.658. The number of ether oxygens (including phenoxy) is 5. The van der Waals surface area contributed by atoms with Gasteiger partial charge in [-0.1, -0.05) is 54.5 Å². The largest absolute Gasteiger partial charge is 0.461 e. The molecule has 1 atom stereocenters. The molecule has 0 spiro atoms. The number of Topliss-reactive ketones (excluding diaryl/α,β-unsaturated/α-hetero) is 1. The normalized spacial score (nSPS) is 11.3. The number of anilines is 1. The number of amides is 6. The second-order valence-corrected chi connectivity index (χ2v) is 13.4. The lowest BCUT2D eigenvalue weighted by molar-refractivity contribution is -0.148. The fourth-order valence-electron chi connectivity index (χ4n) is 4.22. The van der Waals surface area contributed by atoms with Gasteiger partial charge in [0.1, 0.15) is 18.4 Å². The van der Waals surface area contributed by atoms with Gasteiger partial charge in [0.25, 0.3) is 0 Å². The molecule has 0 fully saturated rings. The maximum absolute atomic E-state index is 12.8. The van der Waals surface area contributed by atoms with E-state index in [0.717, 1.165) is 6.42 Å². The fourth-order valence-corrected chi connectivity index (χ4v) is 4.22. The van der Waals surface area contributed by atoms with Crippen LogP contribution in [0.4, 0.5) is 10.5 Å². The van der Waals surface area contributed by atoms with E-state index in [1.54, 1.807) is 27.7 Å². The number of nitrogens with two attached hydrogens (primary N) is 2. The Balaban J connectivity index is 0.00000392. The number of ketones is 1. The Bertz CT molecular complexity index is 1370. The van der Waals surface area contributed by atoms with Gasteiger partial charge in [-0.05, 0) is 24.5 Å². The molecular formula is C38H64N6O12. The minimum Gasteiger partial charge on any atom is -0.461 e. The minimum atomic E-state index is -0.883. The maximum atomic E-state index is 12.8. The second-order valence-electron chi connectivity index (χ2n) is 13.4. The lowest BCUT2D eigenvalue weighted by Gasteiger charge is -2.21. The van der Waals surface area contributed by atoms with E-state index in [1.807, 2.05) is 20.8 Å². The first-order chi connectivity index (χ1) is 26.5. The van der Waals surface area contributed by atoms with Gasteiger partial charge < -0.3 is 56.4 Å². The number of carbonyl (C=O) groups is 7. The van der Waals surface area contributed by atoms with Crippen LogP contribution >= 0.6 is 0 Å². The van der Waals surface area contributed by atoms with Crippen LogP contribution in [0.25, 0.3) is 0 Å². The molecular weight excluding hydrogens is 732 g/mol. The monoisotopic (exact) mass is 796 g/mol. The third kappa shape index (κ3) is 25.4. The number of nitrogens with one attached hydrogen (secondary N) is 4. The highest BCUT2D eigenvalue weighted by Crippen LogP contribution is 2.17. The van der Waals surface area contributed by atoms with Crippen molar-refractivity contribution in [1.29, 1.82) is 0 Å². The van der Waals surface area contributed by atoms with Crippen molar-refractivity contribution in [3.63, 3.8) is 0 Å². The third-order valence-electron chi connectivity index (χ3n) is 7.46. The zero-order valence-electron chi connectivity index (χ0n) is 34.0. The molecule has 0 bridgehead atoms. The van der Waals surface area contributed by atoms with Crippen LogP contribution < -0.4 is 32.7 Å². The molecule has 1 aromatic rings. The lowest BCUT2D eigenvalue weighted by atomic mass is 10.0. The molecule has 318 valence electrons. The number of benzene rings is 1. The van der Waals surface area contributed by atoms with Crippen molar-refractivity contribution in [3.05, 3.63) is 29.3 Å². The molecule has 18 heteroatoms. The van der Waals surface area contributed by atoms with Gasteiger partial charge in [-0.3, -0.25) is 28.8 Å². The Morgan fingerprint density at radius 3 is 1.71 bits per heavy atom. The summed E-state index contributed by atoms with van der Waals surface area (Å²) in [6.45, 7) is 15.4. The van der Waals surface area contributed by atoms with Crippen LogP contribution in [0.5, 0.6) is 0 Å². The van der Waals surface area contributed by atoms with Crippen molar-refractivity contribution in [2.24, 2.45) is 29.2 Å². The van der Waals surface area contributed by atoms with Crippen LogP contribution in [0.15, 0.2) is 18.2 Å². The molecule has 0 aromatic heterocycles. The highest BCUT2D eigenvalue weighted by atomic mass is 16.6. The van der Waals surface area contributed by atoms with Crippen LogP contribution in [0, 0.1) is 17.8 Å². The molecule has 0 radical (unpaired) electrons. The zero-order chi connectivity index (χ0) is 42.5. The molecule has 0 saturated heterocycles. The smallest absolute Gasteiger partial charge is 0.312 e. The molecule has 56 heavy (non-hydrogen) atoms. The van der Waals surface area contributed by atoms with Gasteiger partial charge in [0, 0.05) is 42.1 Å². The molecule has 0 aliphatic heterocycles. The van der Waals surface area contributed by atoms with E-state index in [1.165, 1.54) is 18.2 Å². The van der Waals surface area contributed by atoms with Gasteiger partial charge in [0.15, 0.2) is 0 Å². The minimum absolute atomic E-state index is 0.0145. The van der Waals surface area contributed by atoms with Crippen molar-refractivity contribution in [1.82, 2.24) is 16.0 Å². The van der Waals surface area contributed by atoms with Crippen molar-refractivity contribution >= 4 is 47.1 Å². The van der Waals surface area contributed by atoms with Gasteiger partial charge in [0.2, 0.25) is 23.6 Å². The SMILES string of the molecule is CC(C)C(=O)CCOCCOCCOCCOCCC(=O)NC(C(=O)NCC(=O)Nc1ccc(COC(=O)C(C)C)c(C(N)=O)c1)C(C)C.CCCNC(N)=O. The van der Waals surface area contributed by atoms with Crippen LogP contribution in [0.1, 0.15) is 83.7 Å². The van der Waals surface area contributed by atoms with Crippen LogP contribution in [0.3, 0.4) is 0 Å². The molecule has 0 saturated carbocycles. The Morgan fingerprint density at radius 2 is 1.25 bits per heavy atom. The summed E-state index contributed by atoms with van der Waals surface area (Å²) in [5.41, 5.74) is 10.9. The average molecular weight is 797 g/mol. The van der Waals surface area contributed by atoms with Gasteiger partial charge in [-0.25, -0.2) is 4.79 Å². The van der Waals surface area contributed by atoms with Gasteiger partial charge >= 0.3 is 12.0 Å². The maximum Gasteiger partial charge on any atom is 0.312 e. The quantitative estimate of drug-likeness (QED) is 0.0524. The molecule has 0 aliphatic carbocycles. The second kappa shape index (κ2) is 30.6. The van der Waals surface area contributed by atoms with Crippen molar-refractivity contribution in [3.8, 4) is 0 Å². The Kier molecular flexibility index (Phi) is 28.0. The number of primary amides is 2. The predicted molar refractivity (Wildman–Crippen MR) is 208 cm³/mol. The van der Waals surface area contributed by atoms with E-state index in [2.05, 4.69) is 21.3 Å². The van der Waals surface area contributed by atoms with E-state index in [0.29, 0.717) is 58.2 Å². The molecule has 1 rings (SSSR count). The summed E-state index contributed by atoms with van der Waals surface area (Å²) in [4.78, 5) is 82.9. The molecule has 1 aromatic carbocycles. The van der Waals surface area contributed by atoms with Crippen LogP contribution in [0.2, 0.25) is 0 Å². The number of urea groups is 1. The summed E-state index contributed by atoms with van der Waals surface area (Å²) in [5, 5.41) is 10.2. The zero-order valence-corrected chi connectivity index (χ0v) is 34.0. The van der Waals surface area contributed by atoms with E-state index >= 15 is 0 Å². The van der Waals surface area contributed by atoms with Crippen molar-refractivity contribution in [2.75, 3.05) is 71.3 Å². The summed E-state index contributed by atoms with van der Waals surface area (Å²) >= 11 is 0. The van der Waals surface area contributed by atoms with E-state index in [4.69, 9.17) is 35.2 Å². The van der Waals surface area contributed by atoms with Crippen LogP contribution in [-0.4, -0.2) is 113 Å². The van der Waals surface area contributed by atoms with Gasteiger partial charge in [-0.15, -0.1) is 0 Å². The third-order valence-corrected chi connectivity index (χ3v) is 7.46. The Labute approximate surface area is 330 Å². The number of esters is 1. The molecule has 1 unspecified atom stereocenters. The summed E-state index contributed by atoms with van der Waals surface area (Å²) in [7, 11) is 0. The molecule has 18 nitrogen and oxygen atoms in total. The first-order valence-electron chi connectivity index (χ1n) is 18.8.